The molecule has 0 radical (unpaired) electrons. The number of halogens is 1. The predicted molar refractivity (Wildman–Crippen MR) is 76.4 cm³/mol. The Morgan fingerprint density at radius 1 is 1.50 bits per heavy atom. The molecule has 1 N–H and O–H groups in total. The van der Waals surface area contributed by atoms with Gasteiger partial charge in [-0.1, -0.05) is 11.6 Å². The van der Waals surface area contributed by atoms with Crippen molar-refractivity contribution in [2.75, 3.05) is 6.26 Å². The van der Waals surface area contributed by atoms with E-state index in [0.29, 0.717) is 22.0 Å². The van der Waals surface area contributed by atoms with Crippen LogP contribution in [0, 0.1) is 6.92 Å². The Labute approximate surface area is 117 Å². The first-order valence-corrected chi connectivity index (χ1v) is 7.73. The van der Waals surface area contributed by atoms with Crippen LogP contribution in [0.25, 0.3) is 0 Å². The molecular formula is C13H17ClN2OS. The van der Waals surface area contributed by atoms with E-state index in [4.69, 9.17) is 11.6 Å². The summed E-state index contributed by atoms with van der Waals surface area (Å²) < 4.78 is 0. The number of hydrogen-bond donors (Lipinski definition) is 1. The summed E-state index contributed by atoms with van der Waals surface area (Å²) in [6.07, 6.45) is 5.43. The number of nitrogens with one attached hydrogen (secondary N) is 1. The second kappa shape index (κ2) is 5.93. The molecule has 5 heteroatoms. The number of pyridine rings is 1. The highest BCUT2D eigenvalue weighted by atomic mass is 35.5. The van der Waals surface area contributed by atoms with Crippen molar-refractivity contribution in [2.45, 2.75) is 37.5 Å². The Morgan fingerprint density at radius 3 is 2.89 bits per heavy atom. The second-order valence-corrected chi connectivity index (χ2v) is 6.19. The zero-order valence-electron chi connectivity index (χ0n) is 10.6. The minimum absolute atomic E-state index is 0.0471. The van der Waals surface area contributed by atoms with Crippen molar-refractivity contribution in [1.82, 2.24) is 10.3 Å². The van der Waals surface area contributed by atoms with Crippen LogP contribution in [0.2, 0.25) is 5.15 Å². The van der Waals surface area contributed by atoms with E-state index in [1.54, 1.807) is 12.1 Å². The van der Waals surface area contributed by atoms with E-state index in [0.717, 1.165) is 18.5 Å². The van der Waals surface area contributed by atoms with Crippen LogP contribution in [0.3, 0.4) is 0 Å². The first-order valence-electron chi connectivity index (χ1n) is 6.06. The fraction of sp³-hybridized carbons (Fsp3) is 0.538. The van der Waals surface area contributed by atoms with Crippen LogP contribution in [0.1, 0.15) is 35.3 Å². The average molecular weight is 285 g/mol. The molecule has 1 amide bonds. The lowest BCUT2D eigenvalue weighted by Gasteiger charge is -2.13. The van der Waals surface area contributed by atoms with Crippen LogP contribution in [-0.2, 0) is 0 Å². The Kier molecular flexibility index (Phi) is 4.51. The van der Waals surface area contributed by atoms with Crippen molar-refractivity contribution >= 4 is 29.3 Å². The third-order valence-electron chi connectivity index (χ3n) is 3.24. The molecule has 1 saturated carbocycles. The molecule has 0 bridgehead atoms. The van der Waals surface area contributed by atoms with E-state index in [2.05, 4.69) is 16.6 Å². The summed E-state index contributed by atoms with van der Waals surface area (Å²) in [6, 6.07) is 3.68. The van der Waals surface area contributed by atoms with Crippen molar-refractivity contribution in [3.8, 4) is 0 Å². The van der Waals surface area contributed by atoms with Gasteiger partial charge in [0.25, 0.3) is 5.91 Å². The van der Waals surface area contributed by atoms with Gasteiger partial charge < -0.3 is 5.32 Å². The lowest BCUT2D eigenvalue weighted by atomic mass is 10.2. The monoisotopic (exact) mass is 284 g/mol. The molecule has 2 unspecified atom stereocenters. The lowest BCUT2D eigenvalue weighted by molar-refractivity contribution is 0.0938. The van der Waals surface area contributed by atoms with Crippen molar-refractivity contribution < 1.29 is 4.79 Å². The third kappa shape index (κ3) is 3.39. The summed E-state index contributed by atoms with van der Waals surface area (Å²) in [7, 11) is 0. The molecule has 18 heavy (non-hydrogen) atoms. The van der Waals surface area contributed by atoms with Crippen LogP contribution in [0.4, 0.5) is 0 Å². The molecule has 2 atom stereocenters. The van der Waals surface area contributed by atoms with E-state index in [1.807, 2.05) is 18.7 Å². The molecular weight excluding hydrogens is 268 g/mol. The number of hydrogen-bond acceptors (Lipinski definition) is 3. The molecule has 1 heterocycles. The maximum atomic E-state index is 12.1. The summed E-state index contributed by atoms with van der Waals surface area (Å²) in [5, 5.41) is 4.12. The van der Waals surface area contributed by atoms with Gasteiger partial charge in [0, 0.05) is 22.5 Å². The van der Waals surface area contributed by atoms with Gasteiger partial charge in [-0.3, -0.25) is 4.79 Å². The molecule has 0 saturated heterocycles. The maximum Gasteiger partial charge on any atom is 0.251 e. The largest absolute Gasteiger partial charge is 0.349 e. The second-order valence-electron chi connectivity index (χ2n) is 4.66. The molecule has 1 aromatic heterocycles. The van der Waals surface area contributed by atoms with E-state index >= 15 is 0 Å². The Balaban J connectivity index is 1.99. The van der Waals surface area contributed by atoms with Crippen LogP contribution >= 0.6 is 23.4 Å². The Bertz CT molecular complexity index is 432. The summed E-state index contributed by atoms with van der Waals surface area (Å²) in [4.78, 5) is 16.2. The number of carbonyl (C=O) groups excluding carboxylic acids is 1. The van der Waals surface area contributed by atoms with Gasteiger partial charge in [0.05, 0.1) is 0 Å². The molecule has 0 aliphatic heterocycles. The first kappa shape index (κ1) is 13.7. The minimum atomic E-state index is -0.0471. The number of aromatic nitrogens is 1. The van der Waals surface area contributed by atoms with Gasteiger partial charge >= 0.3 is 0 Å². The third-order valence-corrected chi connectivity index (χ3v) is 4.53. The van der Waals surface area contributed by atoms with E-state index in [1.165, 1.54) is 6.42 Å². The number of thioether (sulfide) groups is 1. The lowest BCUT2D eigenvalue weighted by Crippen LogP contribution is -2.33. The van der Waals surface area contributed by atoms with Gasteiger partial charge in [-0.15, -0.1) is 0 Å². The van der Waals surface area contributed by atoms with Crippen LogP contribution in [-0.4, -0.2) is 28.4 Å². The highest BCUT2D eigenvalue weighted by Gasteiger charge is 2.25. The van der Waals surface area contributed by atoms with Gasteiger partial charge in [0.2, 0.25) is 0 Å². The predicted octanol–water partition coefficient (Wildman–Crippen LogP) is 3.06. The van der Waals surface area contributed by atoms with E-state index < -0.39 is 0 Å². The molecule has 3 nitrogen and oxygen atoms in total. The number of nitrogens with zero attached hydrogens (tertiary/aromatic N) is 1. The number of aryl methyl sites for hydroxylation is 1. The molecule has 1 aliphatic carbocycles. The maximum absolute atomic E-state index is 12.1. The fourth-order valence-electron chi connectivity index (χ4n) is 2.31. The molecule has 0 aromatic carbocycles. The van der Waals surface area contributed by atoms with Crippen molar-refractivity contribution in [2.24, 2.45) is 0 Å². The van der Waals surface area contributed by atoms with Gasteiger partial charge in [-0.2, -0.15) is 11.8 Å². The molecule has 1 aliphatic rings. The molecule has 98 valence electrons. The van der Waals surface area contributed by atoms with Crippen LogP contribution < -0.4 is 5.32 Å². The summed E-state index contributed by atoms with van der Waals surface area (Å²) in [6.45, 7) is 1.84. The van der Waals surface area contributed by atoms with Gasteiger partial charge in [-0.05, 0) is 44.6 Å². The van der Waals surface area contributed by atoms with Gasteiger partial charge in [0.1, 0.15) is 5.15 Å². The normalized spacial score (nSPS) is 23.1. The highest BCUT2D eigenvalue weighted by molar-refractivity contribution is 7.99. The van der Waals surface area contributed by atoms with Crippen molar-refractivity contribution in [3.63, 3.8) is 0 Å². The summed E-state index contributed by atoms with van der Waals surface area (Å²) in [5.41, 5.74) is 1.36. The van der Waals surface area contributed by atoms with E-state index in [9.17, 15) is 4.79 Å². The van der Waals surface area contributed by atoms with Crippen LogP contribution in [0.5, 0.6) is 0 Å². The summed E-state index contributed by atoms with van der Waals surface area (Å²) >= 11 is 7.74. The SMILES string of the molecule is CSC1CCC(NC(=O)c2cc(C)nc(Cl)c2)C1. The van der Waals surface area contributed by atoms with Gasteiger partial charge in [0.15, 0.2) is 0 Å². The fourth-order valence-corrected chi connectivity index (χ4v) is 3.36. The molecule has 0 spiro atoms. The molecule has 1 fully saturated rings. The highest BCUT2D eigenvalue weighted by Crippen LogP contribution is 2.28. The van der Waals surface area contributed by atoms with Crippen molar-refractivity contribution in [3.05, 3.63) is 28.5 Å². The van der Waals surface area contributed by atoms with Gasteiger partial charge in [-0.25, -0.2) is 4.98 Å². The quantitative estimate of drug-likeness (QED) is 0.868. The number of rotatable bonds is 3. The minimum Gasteiger partial charge on any atom is -0.349 e. The van der Waals surface area contributed by atoms with E-state index in [-0.39, 0.29) is 5.91 Å². The average Bonchev–Trinajstić information content (AvgIpc) is 2.75. The summed E-state index contributed by atoms with van der Waals surface area (Å²) in [5.74, 6) is -0.0471. The molecule has 2 rings (SSSR count). The van der Waals surface area contributed by atoms with Crippen LogP contribution in [0.15, 0.2) is 12.1 Å². The first-order chi connectivity index (χ1) is 8.58. The number of amides is 1. The topological polar surface area (TPSA) is 42.0 Å². The standard InChI is InChI=1S/C13H17ClN2OS/c1-8-5-9(6-12(14)15-8)13(17)16-10-3-4-11(7-10)18-2/h5-6,10-11H,3-4,7H2,1-2H3,(H,16,17). The zero-order chi connectivity index (χ0) is 13.1. The van der Waals surface area contributed by atoms with Crippen molar-refractivity contribution in [1.29, 1.82) is 0 Å². The zero-order valence-corrected chi connectivity index (χ0v) is 12.1. The molecule has 1 aromatic rings. The number of carbonyl (C=O) groups is 1. The Morgan fingerprint density at radius 2 is 2.28 bits per heavy atom. The Hall–Kier alpha value is -0.740. The smallest absolute Gasteiger partial charge is 0.251 e.